The van der Waals surface area contributed by atoms with Crippen molar-refractivity contribution in [3.05, 3.63) is 52.0 Å². The standard InChI is InChI=1S/C55H84N10O17S2/c1-13-34(4)49(61-54(77)55(7,8)62(9)10)52(74)63(11)41(33(2)3)29-43(82-36(6)66)51-60-40(32-83-51)50(73)58-38(26-35(5)53(75)76)27-37-14-15-42(67)39(28-37)59-46(70)31-57-45(69)30-56-44(68)18-19-64(20-21-65-47(71)16-17-48(65)72)84(78,79)25-24-81-23-22-80-12/h14-17,28,32-35,38,41,43,49,67H,13,18-27,29-31H2,1-12H3,(H,56,68)(H,57,69)(H,58,73)(H,59,70)(H,61,77)(H,75,76)/t34-,35-,38+,41+,43+,49-/m0/s1. The highest BCUT2D eigenvalue weighted by Crippen LogP contribution is 2.32. The van der Waals surface area contributed by atoms with Crippen molar-refractivity contribution in [2.45, 2.75) is 117 Å². The minimum atomic E-state index is -4.06. The number of hydrogen-bond acceptors (Lipinski definition) is 19. The van der Waals surface area contributed by atoms with Crippen molar-refractivity contribution >= 4 is 86.2 Å². The fraction of sp³-hybridized carbons (Fsp3) is 0.618. The Balaban J connectivity index is 1.69. The lowest BCUT2D eigenvalue weighted by atomic mass is 9.92. The Bertz CT molecular complexity index is 2770. The van der Waals surface area contributed by atoms with Gasteiger partial charge in [0.15, 0.2) is 6.10 Å². The van der Waals surface area contributed by atoms with E-state index in [9.17, 15) is 66.6 Å². The van der Waals surface area contributed by atoms with Crippen molar-refractivity contribution in [2.24, 2.45) is 17.8 Å². The number of nitrogens with one attached hydrogen (secondary N) is 5. The molecule has 29 heteroatoms. The lowest BCUT2D eigenvalue weighted by molar-refractivity contribution is -0.149. The smallest absolute Gasteiger partial charge is 0.306 e. The van der Waals surface area contributed by atoms with Gasteiger partial charge in [0.25, 0.3) is 17.7 Å². The Kier molecular flexibility index (Phi) is 28.5. The summed E-state index contributed by atoms with van der Waals surface area (Å²) in [6.07, 6.45) is 1.30. The largest absolute Gasteiger partial charge is 0.506 e. The summed E-state index contributed by atoms with van der Waals surface area (Å²) in [6.45, 7) is 11.8. The number of amides is 8. The van der Waals surface area contributed by atoms with E-state index in [2.05, 4.69) is 31.6 Å². The van der Waals surface area contributed by atoms with Gasteiger partial charge < -0.3 is 55.9 Å². The fourth-order valence-electron chi connectivity index (χ4n) is 8.42. The highest BCUT2D eigenvalue weighted by atomic mass is 32.2. The number of aliphatic carboxylic acids is 1. The summed E-state index contributed by atoms with van der Waals surface area (Å²) < 4.78 is 43.3. The molecule has 1 aliphatic rings. The van der Waals surface area contributed by atoms with E-state index in [4.69, 9.17) is 14.2 Å². The SMILES string of the molecule is CC[C@H](C)[C@H](NC(=O)C(C)(C)N(C)C)C(=O)N(C)[C@H](C[C@@H](OC(C)=O)c1nc(C(=O)N[C@@H](Cc2ccc(O)c(NC(=O)CNC(=O)CNC(=O)CCN(CCN3C(=O)C=CC3=O)S(=O)(=O)CCOCCOC)c2)C[C@H](C)C(=O)O)cs1)C(C)C. The molecule has 8 amide bonds. The van der Waals surface area contributed by atoms with Gasteiger partial charge >= 0.3 is 11.9 Å². The van der Waals surface area contributed by atoms with Crippen LogP contribution in [0.15, 0.2) is 35.7 Å². The van der Waals surface area contributed by atoms with Gasteiger partial charge in [-0.3, -0.25) is 57.7 Å². The third kappa shape index (κ3) is 22.3. The average molecular weight is 1220 g/mol. The number of imide groups is 1. The van der Waals surface area contributed by atoms with Crippen LogP contribution in [-0.2, 0) is 73.8 Å². The number of carboxylic acid groups (broad SMARTS) is 1. The first-order chi connectivity index (χ1) is 39.3. The number of hydrogen-bond donors (Lipinski definition) is 7. The molecule has 7 N–H and O–H groups in total. The van der Waals surface area contributed by atoms with Crippen molar-refractivity contribution < 1.29 is 80.8 Å². The van der Waals surface area contributed by atoms with Crippen molar-refractivity contribution in [3.63, 3.8) is 0 Å². The average Bonchev–Trinajstić information content (AvgIpc) is 2.99. The van der Waals surface area contributed by atoms with Crippen molar-refractivity contribution in [2.75, 3.05) is 91.9 Å². The number of carbonyl (C=O) groups excluding carboxylic acids is 9. The number of methoxy groups -OCH3 is 1. The van der Waals surface area contributed by atoms with Crippen LogP contribution in [-0.4, -0.2) is 212 Å². The second-order valence-electron chi connectivity index (χ2n) is 21.5. The number of rotatable bonds is 37. The minimum Gasteiger partial charge on any atom is -0.506 e. The van der Waals surface area contributed by atoms with Crippen LogP contribution < -0.4 is 26.6 Å². The van der Waals surface area contributed by atoms with Gasteiger partial charge in [0.05, 0.1) is 55.8 Å². The van der Waals surface area contributed by atoms with Crippen LogP contribution in [0.3, 0.4) is 0 Å². The number of phenolic OH excluding ortho intramolecular Hbond substituents is 1. The first-order valence-electron chi connectivity index (χ1n) is 27.5. The summed E-state index contributed by atoms with van der Waals surface area (Å²) in [5.74, 6) is -8.87. The Morgan fingerprint density at radius 1 is 0.869 bits per heavy atom. The minimum absolute atomic E-state index is 0.000553. The van der Waals surface area contributed by atoms with Crippen LogP contribution in [0.5, 0.6) is 5.75 Å². The summed E-state index contributed by atoms with van der Waals surface area (Å²) in [6, 6.07) is 1.92. The number of ether oxygens (including phenoxy) is 3. The number of esters is 1. The highest BCUT2D eigenvalue weighted by Gasteiger charge is 2.39. The first-order valence-corrected chi connectivity index (χ1v) is 30.0. The van der Waals surface area contributed by atoms with Crippen LogP contribution in [0.4, 0.5) is 5.69 Å². The number of aromatic nitrogens is 1. The van der Waals surface area contributed by atoms with Gasteiger partial charge in [0.2, 0.25) is 39.6 Å². The van der Waals surface area contributed by atoms with Gasteiger partial charge in [0, 0.05) is 83.2 Å². The van der Waals surface area contributed by atoms with Crippen LogP contribution in [0, 0.1) is 17.8 Å². The fourth-order valence-corrected chi connectivity index (χ4v) is 10.6. The molecule has 0 bridgehead atoms. The van der Waals surface area contributed by atoms with E-state index in [0.717, 1.165) is 32.7 Å². The highest BCUT2D eigenvalue weighted by molar-refractivity contribution is 7.89. The Hall–Kier alpha value is -6.92. The van der Waals surface area contributed by atoms with E-state index < -0.39 is 118 Å². The number of likely N-dealkylation sites (N-methyl/N-ethyl adjacent to an activating group) is 2. The number of thiazole rings is 1. The summed E-state index contributed by atoms with van der Waals surface area (Å²) in [5, 5.41) is 35.2. The Labute approximate surface area is 495 Å². The number of sulfonamides is 1. The number of carboxylic acids is 1. The molecule has 0 spiro atoms. The van der Waals surface area contributed by atoms with Gasteiger partial charge in [-0.1, -0.05) is 47.1 Å². The lowest BCUT2D eigenvalue weighted by Gasteiger charge is -2.38. The molecule has 0 unspecified atom stereocenters. The predicted octanol–water partition coefficient (Wildman–Crippen LogP) is 1.43. The molecular formula is C55H84N10O17S2. The number of nitrogens with zero attached hydrogens (tertiary/aromatic N) is 5. The normalized spacial score (nSPS) is 14.8. The molecule has 0 saturated heterocycles. The molecule has 1 aromatic heterocycles. The predicted molar refractivity (Wildman–Crippen MR) is 309 cm³/mol. The number of aromatic hydroxyl groups is 1. The van der Waals surface area contributed by atoms with Crippen molar-refractivity contribution in [1.29, 1.82) is 0 Å². The van der Waals surface area contributed by atoms with E-state index in [0.29, 0.717) is 12.0 Å². The first kappa shape index (κ1) is 71.3. The maximum atomic E-state index is 14.3. The Morgan fingerprint density at radius 2 is 1.51 bits per heavy atom. The molecule has 3 rings (SSSR count). The van der Waals surface area contributed by atoms with Crippen LogP contribution >= 0.6 is 11.3 Å². The molecular weight excluding hydrogens is 1140 g/mol. The molecule has 468 valence electrons. The van der Waals surface area contributed by atoms with Gasteiger partial charge in [-0.15, -0.1) is 11.3 Å². The number of benzene rings is 1. The lowest BCUT2D eigenvalue weighted by Crippen LogP contribution is -2.60. The third-order valence-corrected chi connectivity index (χ3v) is 17.1. The van der Waals surface area contributed by atoms with Crippen LogP contribution in [0.25, 0.3) is 0 Å². The van der Waals surface area contributed by atoms with Crippen molar-refractivity contribution in [1.82, 2.24) is 45.3 Å². The van der Waals surface area contributed by atoms with E-state index in [1.807, 2.05) is 27.7 Å². The second kappa shape index (κ2) is 33.5. The van der Waals surface area contributed by atoms with Crippen molar-refractivity contribution in [3.8, 4) is 5.75 Å². The van der Waals surface area contributed by atoms with Crippen LogP contribution in [0.2, 0.25) is 0 Å². The molecule has 2 aromatic rings. The monoisotopic (exact) mass is 1220 g/mol. The summed E-state index contributed by atoms with van der Waals surface area (Å²) >= 11 is 1.05. The maximum Gasteiger partial charge on any atom is 0.306 e. The van der Waals surface area contributed by atoms with Gasteiger partial charge in [0.1, 0.15) is 22.5 Å². The summed E-state index contributed by atoms with van der Waals surface area (Å²) in [5.41, 5.74) is -0.631. The van der Waals surface area contributed by atoms with Crippen LogP contribution in [0.1, 0.15) is 108 Å². The summed E-state index contributed by atoms with van der Waals surface area (Å²) in [4.78, 5) is 138. The molecule has 6 atom stereocenters. The molecule has 84 heavy (non-hydrogen) atoms. The molecule has 1 aliphatic heterocycles. The second-order valence-corrected chi connectivity index (χ2v) is 24.5. The molecule has 0 aliphatic carbocycles. The quantitative estimate of drug-likeness (QED) is 0.0218. The molecule has 0 saturated carbocycles. The van der Waals surface area contributed by atoms with Gasteiger partial charge in [-0.05, 0) is 70.3 Å². The maximum absolute atomic E-state index is 14.3. The zero-order valence-corrected chi connectivity index (χ0v) is 51.6. The van der Waals surface area contributed by atoms with Gasteiger partial charge in [-0.25, -0.2) is 13.4 Å². The third-order valence-electron chi connectivity index (χ3n) is 14.3. The molecule has 2 heterocycles. The Morgan fingerprint density at radius 3 is 2.11 bits per heavy atom. The van der Waals surface area contributed by atoms with Gasteiger partial charge in [-0.2, -0.15) is 4.31 Å². The van der Waals surface area contributed by atoms with E-state index in [1.54, 1.807) is 44.8 Å². The molecule has 27 nitrogen and oxygen atoms in total. The molecule has 0 fully saturated rings. The number of phenols is 1. The molecule has 0 radical (unpaired) electrons. The van der Waals surface area contributed by atoms with E-state index >= 15 is 0 Å². The zero-order valence-electron chi connectivity index (χ0n) is 50.0. The molecule has 1 aromatic carbocycles. The number of carbonyl (C=O) groups is 10. The van der Waals surface area contributed by atoms with E-state index in [1.165, 1.54) is 44.5 Å². The topological polar surface area (TPSA) is 359 Å². The zero-order chi connectivity index (χ0) is 63.2. The van der Waals surface area contributed by atoms with E-state index in [-0.39, 0.29) is 105 Å². The summed E-state index contributed by atoms with van der Waals surface area (Å²) in [7, 11) is 2.57. The number of anilines is 1.